The van der Waals surface area contributed by atoms with Gasteiger partial charge in [-0.3, -0.25) is 9.37 Å². The fraction of sp³-hybridized carbons (Fsp3) is 0.267. The second-order valence-corrected chi connectivity index (χ2v) is 33.4. The fourth-order valence-corrected chi connectivity index (χ4v) is 16.1. The number of nitrogens with zero attached hydrogens (tertiary/aromatic N) is 5. The van der Waals surface area contributed by atoms with Gasteiger partial charge in [-0.15, -0.1) is 48.0 Å². The molecule has 0 amide bonds. The van der Waals surface area contributed by atoms with Crippen LogP contribution in [-0.4, -0.2) is 21.2 Å². The molecule has 0 atom stereocenters. The van der Waals surface area contributed by atoms with Gasteiger partial charge in [0.1, 0.15) is 5.58 Å². The molecule has 3 aliphatic heterocycles. The molecule has 6 nitrogen and oxygen atoms in total. The minimum absolute atomic E-state index is 0. The van der Waals surface area contributed by atoms with Gasteiger partial charge in [-0.2, -0.15) is 0 Å². The summed E-state index contributed by atoms with van der Waals surface area (Å²) in [6, 6.07) is 73.3. The largest absolute Gasteiger partial charge is 0.500 e. The number of hydrogen-bond donors (Lipinski definition) is 0. The minimum atomic E-state index is -0.275. The van der Waals surface area contributed by atoms with Crippen LogP contribution in [0, 0.1) is 31.8 Å². The Morgan fingerprint density at radius 2 is 1.14 bits per heavy atom. The van der Waals surface area contributed by atoms with Crippen molar-refractivity contribution in [1.29, 1.82) is 0 Å². The average molecular weight is 1510 g/mol. The number of anilines is 6. The van der Waals surface area contributed by atoms with Crippen molar-refractivity contribution in [1.82, 2.24) is 14.5 Å². The number of para-hydroxylation sites is 4. The van der Waals surface area contributed by atoms with Gasteiger partial charge >= 0.3 is 0 Å². The second kappa shape index (κ2) is 25.1. The monoisotopic (exact) mass is 1510 g/mol. The SMILES string of the molecule is CC(C)c1cccc(C(C)C)c1-n1c(-c2[c-]ccc3c2oc2c(-c4cc5c6c(c4)N4c7ccc(C(C)(C)C)cc7Sc7cc(C(C)(C)C)cc(c74)B6c4cc(C(C)(C)C)ccc4N5c4ccc(C(C)(C)C)cc4)cccc23)nc2ccccc21.Cc1cnc(-c2[c-]cc(F)cc2)cc1C.[Ir]. The van der Waals surface area contributed by atoms with Crippen LogP contribution in [0.2, 0.25) is 0 Å². The van der Waals surface area contributed by atoms with Crippen molar-refractivity contribution in [3.8, 4) is 39.5 Å². The first kappa shape index (κ1) is 68.4. The van der Waals surface area contributed by atoms with Gasteiger partial charge in [-0.1, -0.05) is 230 Å². The summed E-state index contributed by atoms with van der Waals surface area (Å²) in [5.74, 6) is 1.11. The first-order valence-electron chi connectivity index (χ1n) is 35.1. The molecule has 0 bridgehead atoms. The van der Waals surface area contributed by atoms with Gasteiger partial charge in [0.15, 0.2) is 0 Å². The Morgan fingerprint density at radius 1 is 0.530 bits per heavy atom. The standard InChI is InChI=1S/C77H76BN4OS.C13H11FN.Ir/c1-44(2)52-22-19-23-53(45(3)4)69(52)82-62-29-18-17-28-60(62)79-73(82)57-27-21-26-56-55-25-20-24-54(71(55)83-72(56)57)46-38-64-68-65(39-46)81-63-37-33-49(76(11,12)13)42-66(63)84-67-43-50(77(14,15)16)41-59(70(67)81)78(68)58-40-48(75(8,9)10)32-36-61(58)80(64)51-34-30-47(31-35-51)74(5,6)7;1-9-7-13(15-8-10(9)2)11-3-5-12(14)6-4-11;/h17-26,28-45H,1-16H3;3,5-8H,1-2H3;/q2*-1;. The van der Waals surface area contributed by atoms with Crippen molar-refractivity contribution >= 4 is 102 Å². The Morgan fingerprint density at radius 3 is 1.79 bits per heavy atom. The number of imidazole rings is 1. The van der Waals surface area contributed by atoms with Crippen LogP contribution in [0.4, 0.5) is 38.5 Å². The van der Waals surface area contributed by atoms with Crippen LogP contribution < -0.4 is 26.2 Å². The molecule has 6 heterocycles. The summed E-state index contributed by atoms with van der Waals surface area (Å²) >= 11 is 1.94. The number of pyridine rings is 1. The third-order valence-electron chi connectivity index (χ3n) is 20.7. The van der Waals surface area contributed by atoms with E-state index in [1.54, 1.807) is 6.07 Å². The molecule has 13 aromatic rings. The number of aromatic nitrogens is 3. The second-order valence-electron chi connectivity index (χ2n) is 32.4. The first-order chi connectivity index (χ1) is 47.0. The van der Waals surface area contributed by atoms with Crippen LogP contribution in [0.5, 0.6) is 0 Å². The van der Waals surface area contributed by atoms with Crippen LogP contribution in [0.15, 0.2) is 202 Å². The van der Waals surface area contributed by atoms with Crippen LogP contribution in [0.3, 0.4) is 0 Å². The first-order valence-corrected chi connectivity index (χ1v) is 36.0. The summed E-state index contributed by atoms with van der Waals surface area (Å²) in [6.45, 7) is 41.2. The van der Waals surface area contributed by atoms with E-state index in [0.717, 1.165) is 78.0 Å². The van der Waals surface area contributed by atoms with E-state index in [-0.39, 0.29) is 66.1 Å². The molecule has 10 heteroatoms. The van der Waals surface area contributed by atoms with Crippen molar-refractivity contribution in [2.24, 2.45) is 0 Å². The van der Waals surface area contributed by atoms with Gasteiger partial charge in [-0.05, 0) is 175 Å². The smallest absolute Gasteiger partial charge is 0.252 e. The maximum absolute atomic E-state index is 12.7. The van der Waals surface area contributed by atoms with Crippen molar-refractivity contribution < 1.29 is 28.9 Å². The minimum Gasteiger partial charge on any atom is -0.500 e. The molecule has 16 rings (SSSR count). The Balaban J connectivity index is 0.000000471. The molecule has 0 spiro atoms. The van der Waals surface area contributed by atoms with Crippen LogP contribution in [0.1, 0.15) is 167 Å². The van der Waals surface area contributed by atoms with E-state index in [0.29, 0.717) is 0 Å². The van der Waals surface area contributed by atoms with E-state index in [1.807, 2.05) is 37.9 Å². The Hall–Kier alpha value is -8.79. The third kappa shape index (κ3) is 11.7. The quantitative estimate of drug-likeness (QED) is 0.117. The number of aryl methyl sites for hydroxylation is 2. The van der Waals surface area contributed by atoms with Gasteiger partial charge in [0.2, 0.25) is 0 Å². The van der Waals surface area contributed by atoms with Gasteiger partial charge in [0.05, 0.1) is 33.8 Å². The molecule has 0 fully saturated rings. The van der Waals surface area contributed by atoms with E-state index in [9.17, 15) is 4.39 Å². The molecular formula is C90H87BFIrN5OS-2. The summed E-state index contributed by atoms with van der Waals surface area (Å²) in [6.07, 6.45) is 1.82. The van der Waals surface area contributed by atoms with Crippen molar-refractivity contribution in [2.75, 3.05) is 9.80 Å². The molecule has 505 valence electrons. The summed E-state index contributed by atoms with van der Waals surface area (Å²) < 4.78 is 22.6. The number of halogens is 1. The summed E-state index contributed by atoms with van der Waals surface area (Å²) in [7, 11) is 0. The molecule has 0 saturated heterocycles. The molecule has 100 heavy (non-hydrogen) atoms. The zero-order chi connectivity index (χ0) is 69.7. The van der Waals surface area contributed by atoms with E-state index < -0.39 is 0 Å². The summed E-state index contributed by atoms with van der Waals surface area (Å²) in [4.78, 5) is 17.6. The van der Waals surface area contributed by atoms with Crippen molar-refractivity contribution in [2.45, 2.75) is 168 Å². The van der Waals surface area contributed by atoms with E-state index in [2.05, 4.69) is 300 Å². The number of benzene rings is 10. The predicted molar refractivity (Wildman–Crippen MR) is 417 cm³/mol. The average Bonchev–Trinajstić information content (AvgIpc) is 0.938. The van der Waals surface area contributed by atoms with E-state index >= 15 is 0 Å². The summed E-state index contributed by atoms with van der Waals surface area (Å²) in [5, 5.41) is 2.09. The zero-order valence-electron chi connectivity index (χ0n) is 60.9. The number of rotatable bonds is 7. The molecule has 0 unspecified atom stereocenters. The Kier molecular flexibility index (Phi) is 17.1. The Bertz CT molecular complexity index is 5380. The summed E-state index contributed by atoms with van der Waals surface area (Å²) in [5.41, 5.74) is 30.7. The molecule has 1 radical (unpaired) electrons. The maximum Gasteiger partial charge on any atom is 0.252 e. The molecule has 3 aliphatic rings. The molecule has 0 saturated carbocycles. The van der Waals surface area contributed by atoms with Crippen LogP contribution in [-0.2, 0) is 41.8 Å². The number of hydrogen-bond acceptors (Lipinski definition) is 6. The van der Waals surface area contributed by atoms with E-state index in [4.69, 9.17) is 9.40 Å². The molecule has 10 aromatic carbocycles. The Labute approximate surface area is 608 Å². The van der Waals surface area contributed by atoms with E-state index in [1.165, 1.54) is 111 Å². The topological polar surface area (TPSA) is 50.3 Å². The number of furan rings is 1. The molecular weight excluding hydrogens is 1420 g/mol. The van der Waals surface area contributed by atoms with Gasteiger partial charge in [-0.25, -0.2) is 0 Å². The zero-order valence-corrected chi connectivity index (χ0v) is 64.1. The van der Waals surface area contributed by atoms with Gasteiger partial charge < -0.3 is 23.8 Å². The molecule has 0 aliphatic carbocycles. The molecule has 3 aromatic heterocycles. The number of fused-ring (bicyclic) bond motifs is 10. The van der Waals surface area contributed by atoms with Crippen molar-refractivity contribution in [3.63, 3.8) is 0 Å². The van der Waals surface area contributed by atoms with Crippen molar-refractivity contribution in [3.05, 3.63) is 251 Å². The van der Waals surface area contributed by atoms with Gasteiger partial charge in [0.25, 0.3) is 6.71 Å². The maximum atomic E-state index is 12.7. The van der Waals surface area contributed by atoms with Gasteiger partial charge in [0, 0.05) is 81.3 Å². The fourth-order valence-electron chi connectivity index (χ4n) is 14.9. The molecule has 0 N–H and O–H groups in total. The third-order valence-corrected chi connectivity index (χ3v) is 21.8. The predicted octanol–water partition coefficient (Wildman–Crippen LogP) is 23.3. The normalized spacial score (nSPS) is 13.3. The van der Waals surface area contributed by atoms with Crippen LogP contribution >= 0.6 is 11.8 Å². The van der Waals surface area contributed by atoms with Crippen LogP contribution in [0.25, 0.3) is 72.4 Å².